The maximum Gasteiger partial charge on any atom is 0.193 e. The Balaban J connectivity index is 1.52. The first-order valence-corrected chi connectivity index (χ1v) is 13.1. The number of anilines is 2. The summed E-state index contributed by atoms with van der Waals surface area (Å²) in [5.41, 5.74) is 9.65. The molecule has 2 nitrogen and oxygen atoms in total. The first kappa shape index (κ1) is 24.1. The molecule has 0 aliphatic heterocycles. The summed E-state index contributed by atoms with van der Waals surface area (Å²) in [6.07, 6.45) is 0. The minimum atomic E-state index is -0.00365. The Morgan fingerprint density at radius 3 is 1.44 bits per heavy atom. The van der Waals surface area contributed by atoms with E-state index in [0.29, 0.717) is 11.1 Å². The molecule has 1 N–H and O–H groups in total. The zero-order valence-electron chi connectivity index (χ0n) is 21.4. The minimum absolute atomic E-state index is 0.00365. The summed E-state index contributed by atoms with van der Waals surface area (Å²) in [4.78, 5) is 13.6. The molecular formula is C37H27NO. The van der Waals surface area contributed by atoms with Crippen LogP contribution in [0, 0.1) is 0 Å². The van der Waals surface area contributed by atoms with Crippen molar-refractivity contribution in [3.63, 3.8) is 0 Å². The number of para-hydroxylation sites is 1. The van der Waals surface area contributed by atoms with Crippen LogP contribution in [0.3, 0.4) is 0 Å². The molecule has 0 saturated carbocycles. The van der Waals surface area contributed by atoms with Gasteiger partial charge in [0.05, 0.1) is 5.69 Å². The lowest BCUT2D eigenvalue weighted by molar-refractivity contribution is 0.103. The van der Waals surface area contributed by atoms with Gasteiger partial charge < -0.3 is 5.32 Å². The van der Waals surface area contributed by atoms with Crippen LogP contribution in [0.15, 0.2) is 158 Å². The molecule has 0 aliphatic rings. The van der Waals surface area contributed by atoms with Gasteiger partial charge in [0.15, 0.2) is 5.78 Å². The second-order valence-electron chi connectivity index (χ2n) is 9.45. The zero-order chi connectivity index (χ0) is 26.4. The molecule has 186 valence electrons. The summed E-state index contributed by atoms with van der Waals surface area (Å²) in [6, 6.07) is 52.9. The Labute approximate surface area is 229 Å². The number of benzene rings is 6. The van der Waals surface area contributed by atoms with E-state index in [9.17, 15) is 4.79 Å². The first-order chi connectivity index (χ1) is 19.3. The van der Waals surface area contributed by atoms with Gasteiger partial charge in [0, 0.05) is 27.9 Å². The average Bonchev–Trinajstić information content (AvgIpc) is 3.02. The third-order valence-corrected chi connectivity index (χ3v) is 6.84. The van der Waals surface area contributed by atoms with E-state index < -0.39 is 0 Å². The fourth-order valence-electron chi connectivity index (χ4n) is 4.93. The summed E-state index contributed by atoms with van der Waals surface area (Å²) in [7, 11) is 0. The third-order valence-electron chi connectivity index (χ3n) is 6.84. The van der Waals surface area contributed by atoms with Gasteiger partial charge in [-0.25, -0.2) is 0 Å². The van der Waals surface area contributed by atoms with E-state index in [1.807, 2.05) is 72.8 Å². The zero-order valence-corrected chi connectivity index (χ0v) is 21.4. The Kier molecular flexibility index (Phi) is 6.83. The van der Waals surface area contributed by atoms with Crippen LogP contribution >= 0.6 is 0 Å². The average molecular weight is 502 g/mol. The standard InChI is InChI=1S/C37H27NO/c39-37(30-20-11-4-12-21-30)32-24-31(27-14-5-1-6-15-27)25-33(26-32)38-36-34(28-16-7-2-8-17-28)22-13-23-35(36)29-18-9-3-10-19-29/h1-26,38H. The van der Waals surface area contributed by atoms with Crippen molar-refractivity contribution in [3.8, 4) is 33.4 Å². The summed E-state index contributed by atoms with van der Waals surface area (Å²) in [5, 5.41) is 3.74. The van der Waals surface area contributed by atoms with Crippen LogP contribution in [-0.4, -0.2) is 5.78 Å². The quantitative estimate of drug-likeness (QED) is 0.221. The number of rotatable bonds is 7. The molecule has 0 spiro atoms. The highest BCUT2D eigenvalue weighted by Gasteiger charge is 2.16. The minimum Gasteiger partial charge on any atom is -0.354 e. The fraction of sp³-hybridized carbons (Fsp3) is 0. The van der Waals surface area contributed by atoms with Gasteiger partial charge in [0.1, 0.15) is 0 Å². The fourth-order valence-corrected chi connectivity index (χ4v) is 4.93. The van der Waals surface area contributed by atoms with E-state index in [4.69, 9.17) is 0 Å². The Morgan fingerprint density at radius 2 is 0.897 bits per heavy atom. The van der Waals surface area contributed by atoms with Crippen LogP contribution in [0.25, 0.3) is 33.4 Å². The Bertz CT molecular complexity index is 1650. The highest BCUT2D eigenvalue weighted by molar-refractivity contribution is 6.10. The van der Waals surface area contributed by atoms with Crippen molar-refractivity contribution in [2.24, 2.45) is 0 Å². The third kappa shape index (κ3) is 5.27. The van der Waals surface area contributed by atoms with Crippen LogP contribution in [0.1, 0.15) is 15.9 Å². The van der Waals surface area contributed by atoms with Crippen LogP contribution in [0.5, 0.6) is 0 Å². The van der Waals surface area contributed by atoms with Crippen LogP contribution in [0.4, 0.5) is 11.4 Å². The highest BCUT2D eigenvalue weighted by atomic mass is 16.1. The van der Waals surface area contributed by atoms with Crippen molar-refractivity contribution in [2.75, 3.05) is 5.32 Å². The summed E-state index contributed by atoms with van der Waals surface area (Å²) >= 11 is 0. The molecule has 6 aromatic carbocycles. The number of hydrogen-bond acceptors (Lipinski definition) is 2. The second kappa shape index (κ2) is 11.0. The van der Waals surface area contributed by atoms with Gasteiger partial charge in [-0.2, -0.15) is 0 Å². The molecule has 0 aliphatic carbocycles. The molecule has 0 amide bonds. The van der Waals surface area contributed by atoms with Gasteiger partial charge in [-0.1, -0.05) is 140 Å². The van der Waals surface area contributed by atoms with Gasteiger partial charge in [-0.15, -0.1) is 0 Å². The normalized spacial score (nSPS) is 10.7. The molecule has 6 rings (SSSR count). The molecule has 0 bridgehead atoms. The summed E-state index contributed by atoms with van der Waals surface area (Å²) < 4.78 is 0. The SMILES string of the molecule is O=C(c1ccccc1)c1cc(Nc2c(-c3ccccc3)cccc2-c2ccccc2)cc(-c2ccccc2)c1. The topological polar surface area (TPSA) is 29.1 Å². The molecule has 0 radical (unpaired) electrons. The molecule has 0 fully saturated rings. The van der Waals surface area contributed by atoms with Gasteiger partial charge in [-0.05, 0) is 40.5 Å². The van der Waals surface area contributed by atoms with E-state index in [1.165, 1.54) is 0 Å². The van der Waals surface area contributed by atoms with Crippen LogP contribution < -0.4 is 5.32 Å². The highest BCUT2D eigenvalue weighted by Crippen LogP contribution is 2.39. The summed E-state index contributed by atoms with van der Waals surface area (Å²) in [5.74, 6) is -0.00365. The van der Waals surface area contributed by atoms with Crippen molar-refractivity contribution >= 4 is 17.2 Å². The van der Waals surface area contributed by atoms with Crippen molar-refractivity contribution in [2.45, 2.75) is 0 Å². The van der Waals surface area contributed by atoms with Crippen LogP contribution in [-0.2, 0) is 0 Å². The first-order valence-electron chi connectivity index (χ1n) is 13.1. The van der Waals surface area contributed by atoms with Gasteiger partial charge >= 0.3 is 0 Å². The number of ketones is 1. The van der Waals surface area contributed by atoms with E-state index in [1.54, 1.807) is 0 Å². The molecular weight excluding hydrogens is 474 g/mol. The summed E-state index contributed by atoms with van der Waals surface area (Å²) in [6.45, 7) is 0. The molecule has 6 aromatic rings. The number of carbonyl (C=O) groups is 1. The number of nitrogens with one attached hydrogen (secondary N) is 1. The molecule has 0 unspecified atom stereocenters. The van der Waals surface area contributed by atoms with Gasteiger partial charge in [-0.3, -0.25) is 4.79 Å². The molecule has 0 heterocycles. The van der Waals surface area contributed by atoms with Crippen molar-refractivity contribution in [1.29, 1.82) is 0 Å². The van der Waals surface area contributed by atoms with Gasteiger partial charge in [0.25, 0.3) is 0 Å². The molecule has 0 aromatic heterocycles. The van der Waals surface area contributed by atoms with Crippen LogP contribution in [0.2, 0.25) is 0 Å². The maximum atomic E-state index is 13.6. The van der Waals surface area contributed by atoms with Crippen molar-refractivity contribution in [3.05, 3.63) is 169 Å². The lowest BCUT2D eigenvalue weighted by Gasteiger charge is -2.19. The predicted molar refractivity (Wildman–Crippen MR) is 162 cm³/mol. The van der Waals surface area contributed by atoms with E-state index in [0.717, 1.165) is 44.8 Å². The molecule has 0 atom stereocenters. The van der Waals surface area contributed by atoms with Crippen molar-refractivity contribution in [1.82, 2.24) is 0 Å². The lowest BCUT2D eigenvalue weighted by Crippen LogP contribution is -2.04. The molecule has 0 saturated heterocycles. The molecule has 2 heteroatoms. The second-order valence-corrected chi connectivity index (χ2v) is 9.45. The number of hydrogen-bond donors (Lipinski definition) is 1. The molecule has 39 heavy (non-hydrogen) atoms. The lowest BCUT2D eigenvalue weighted by atomic mass is 9.94. The maximum absolute atomic E-state index is 13.6. The van der Waals surface area contributed by atoms with E-state index >= 15 is 0 Å². The smallest absolute Gasteiger partial charge is 0.193 e. The van der Waals surface area contributed by atoms with Crippen molar-refractivity contribution < 1.29 is 4.79 Å². The Morgan fingerprint density at radius 1 is 0.410 bits per heavy atom. The predicted octanol–water partition coefficient (Wildman–Crippen LogP) is 9.66. The monoisotopic (exact) mass is 501 g/mol. The van der Waals surface area contributed by atoms with E-state index in [2.05, 4.69) is 90.2 Å². The van der Waals surface area contributed by atoms with Gasteiger partial charge in [0.2, 0.25) is 0 Å². The largest absolute Gasteiger partial charge is 0.354 e. The van der Waals surface area contributed by atoms with E-state index in [-0.39, 0.29) is 5.78 Å². The number of carbonyl (C=O) groups excluding carboxylic acids is 1. The Hall–Kier alpha value is -5.21.